The normalized spacial score (nSPS) is 50.4. The Balaban J connectivity index is 1.46. The molecule has 6 nitrogen and oxygen atoms in total. The van der Waals surface area contributed by atoms with Crippen LogP contribution in [0.5, 0.6) is 0 Å². The van der Waals surface area contributed by atoms with Crippen molar-refractivity contribution in [1.82, 2.24) is 0 Å². The first-order valence-corrected chi connectivity index (χ1v) is 13.0. The summed E-state index contributed by atoms with van der Waals surface area (Å²) in [5.74, 6) is -0.0211. The SMILES string of the molecule is COC1C(C)C2CC=C3C(CCC4(C)C(c5ccc(=O)oc5)C(Cl)(Cl)CC34O)C2(CO)C2OC12. The number of methoxy groups -OCH3 is 1. The van der Waals surface area contributed by atoms with E-state index in [0.717, 1.165) is 18.4 Å². The molecular formula is C26H32Cl2O6. The van der Waals surface area contributed by atoms with Crippen LogP contribution in [-0.4, -0.2) is 52.2 Å². The molecule has 10 atom stereocenters. The molecule has 4 fully saturated rings. The van der Waals surface area contributed by atoms with E-state index in [0.29, 0.717) is 12.0 Å². The number of hydrogen-bond acceptors (Lipinski definition) is 6. The second-order valence-electron chi connectivity index (χ2n) is 11.5. The molecule has 2 heterocycles. The van der Waals surface area contributed by atoms with Crippen molar-refractivity contribution in [3.05, 3.63) is 46.0 Å². The van der Waals surface area contributed by atoms with Crippen molar-refractivity contribution < 1.29 is 24.1 Å². The summed E-state index contributed by atoms with van der Waals surface area (Å²) < 4.78 is 15.9. The minimum atomic E-state index is -1.25. The molecule has 5 aliphatic rings. The van der Waals surface area contributed by atoms with Crippen LogP contribution in [0.25, 0.3) is 0 Å². The van der Waals surface area contributed by atoms with Gasteiger partial charge in [-0.05, 0) is 54.2 Å². The number of epoxide rings is 1. The van der Waals surface area contributed by atoms with Crippen molar-refractivity contribution in [2.24, 2.45) is 28.6 Å². The van der Waals surface area contributed by atoms with Crippen molar-refractivity contribution in [2.75, 3.05) is 13.7 Å². The van der Waals surface area contributed by atoms with Gasteiger partial charge in [0.2, 0.25) is 0 Å². The zero-order valence-corrected chi connectivity index (χ0v) is 21.2. The zero-order valence-electron chi connectivity index (χ0n) is 19.7. The predicted octanol–water partition coefficient (Wildman–Crippen LogP) is 3.81. The summed E-state index contributed by atoms with van der Waals surface area (Å²) in [5.41, 5.74) is -1.16. The molecule has 3 saturated carbocycles. The zero-order chi connectivity index (χ0) is 24.3. The number of halogens is 2. The highest BCUT2D eigenvalue weighted by atomic mass is 35.5. The summed E-state index contributed by atoms with van der Waals surface area (Å²) in [6, 6.07) is 3.08. The third-order valence-electron chi connectivity index (χ3n) is 10.4. The molecule has 6 rings (SSSR count). The van der Waals surface area contributed by atoms with Crippen molar-refractivity contribution in [3.63, 3.8) is 0 Å². The number of aliphatic hydroxyl groups excluding tert-OH is 1. The van der Waals surface area contributed by atoms with Gasteiger partial charge in [-0.3, -0.25) is 0 Å². The van der Waals surface area contributed by atoms with E-state index in [1.54, 1.807) is 13.2 Å². The van der Waals surface area contributed by atoms with E-state index in [2.05, 4.69) is 13.0 Å². The minimum absolute atomic E-state index is 0.00850. The summed E-state index contributed by atoms with van der Waals surface area (Å²) >= 11 is 13.9. The number of rotatable bonds is 3. The van der Waals surface area contributed by atoms with Gasteiger partial charge in [-0.1, -0.05) is 19.9 Å². The van der Waals surface area contributed by atoms with E-state index in [4.69, 9.17) is 37.1 Å². The number of aliphatic hydroxyl groups is 2. The van der Waals surface area contributed by atoms with Crippen molar-refractivity contribution >= 4 is 23.2 Å². The molecule has 34 heavy (non-hydrogen) atoms. The Labute approximate surface area is 209 Å². The Kier molecular flexibility index (Phi) is 5.07. The third kappa shape index (κ3) is 2.71. The summed E-state index contributed by atoms with van der Waals surface area (Å²) in [5, 5.41) is 23.4. The van der Waals surface area contributed by atoms with Crippen LogP contribution in [0, 0.1) is 28.6 Å². The fourth-order valence-electron chi connectivity index (χ4n) is 8.88. The fourth-order valence-corrected chi connectivity index (χ4v) is 10.0. The molecule has 8 heteroatoms. The maximum Gasteiger partial charge on any atom is 0.335 e. The molecule has 0 aromatic carbocycles. The van der Waals surface area contributed by atoms with Crippen molar-refractivity contribution in [2.45, 2.75) is 73.7 Å². The maximum absolute atomic E-state index is 12.5. The average Bonchev–Trinajstić information content (AvgIpc) is 3.55. The number of hydrogen-bond donors (Lipinski definition) is 2. The molecule has 186 valence electrons. The number of ether oxygens (including phenoxy) is 2. The van der Waals surface area contributed by atoms with Crippen LogP contribution in [0.3, 0.4) is 0 Å². The van der Waals surface area contributed by atoms with Gasteiger partial charge in [0.05, 0.1) is 30.7 Å². The average molecular weight is 511 g/mol. The van der Waals surface area contributed by atoms with Crippen LogP contribution in [0.4, 0.5) is 0 Å². The van der Waals surface area contributed by atoms with E-state index in [1.807, 2.05) is 6.92 Å². The molecule has 0 radical (unpaired) electrons. The maximum atomic E-state index is 12.5. The molecule has 1 aliphatic heterocycles. The van der Waals surface area contributed by atoms with Crippen LogP contribution in [0.15, 0.2) is 39.3 Å². The Morgan fingerprint density at radius 2 is 2.06 bits per heavy atom. The van der Waals surface area contributed by atoms with Gasteiger partial charge in [0.1, 0.15) is 10.4 Å². The molecule has 10 unspecified atom stereocenters. The Bertz CT molecular complexity index is 1080. The highest BCUT2D eigenvalue weighted by Gasteiger charge is 2.76. The first kappa shape index (κ1) is 23.5. The quantitative estimate of drug-likeness (QED) is 0.365. The lowest BCUT2D eigenvalue weighted by molar-refractivity contribution is -0.130. The van der Waals surface area contributed by atoms with Gasteiger partial charge in [0.15, 0.2) is 0 Å². The molecule has 0 amide bonds. The van der Waals surface area contributed by atoms with Crippen LogP contribution < -0.4 is 5.63 Å². The highest BCUT2D eigenvalue weighted by Crippen LogP contribution is 2.74. The number of alkyl halides is 2. The second-order valence-corrected chi connectivity index (χ2v) is 13.0. The molecule has 1 saturated heterocycles. The summed E-state index contributed by atoms with van der Waals surface area (Å²) in [7, 11) is 1.73. The van der Waals surface area contributed by atoms with E-state index < -0.39 is 32.3 Å². The largest absolute Gasteiger partial charge is 0.431 e. The van der Waals surface area contributed by atoms with Crippen molar-refractivity contribution in [1.29, 1.82) is 0 Å². The first-order chi connectivity index (χ1) is 16.0. The van der Waals surface area contributed by atoms with Crippen LogP contribution in [0.1, 0.15) is 51.0 Å². The Hall–Kier alpha value is -0.890. The predicted molar refractivity (Wildman–Crippen MR) is 127 cm³/mol. The standard InChI is InChI=1S/C26H32Cl2O6/c1-13-15-5-6-17-16(24(15,12-29)22-20(34-22)19(13)32-3)8-9-23(2)21(14-4-7-18(30)33-10-14)26(27,28)11-25(17,23)31/h4,6-7,10,13,15-16,19-22,29,31H,5,8-9,11-12H2,1-3H3. The third-order valence-corrected chi connectivity index (χ3v) is 11.1. The monoisotopic (exact) mass is 510 g/mol. The Morgan fingerprint density at radius 1 is 1.29 bits per heavy atom. The van der Waals surface area contributed by atoms with E-state index >= 15 is 0 Å². The van der Waals surface area contributed by atoms with Gasteiger partial charge in [0, 0.05) is 36.3 Å². The molecule has 4 aliphatic carbocycles. The molecule has 1 aromatic rings. The smallest absolute Gasteiger partial charge is 0.335 e. The van der Waals surface area contributed by atoms with Crippen LogP contribution in [0.2, 0.25) is 0 Å². The molecule has 1 aromatic heterocycles. The van der Waals surface area contributed by atoms with E-state index in [9.17, 15) is 15.0 Å². The van der Waals surface area contributed by atoms with Crippen molar-refractivity contribution in [3.8, 4) is 0 Å². The lowest BCUT2D eigenvalue weighted by Crippen LogP contribution is -2.63. The number of fused-ring (bicyclic) bond motifs is 7. The highest BCUT2D eigenvalue weighted by molar-refractivity contribution is 6.49. The fraction of sp³-hybridized carbons (Fsp3) is 0.731. The summed E-state index contributed by atoms with van der Waals surface area (Å²) in [6.45, 7) is 4.25. The molecule has 0 bridgehead atoms. The topological polar surface area (TPSA) is 92.4 Å². The lowest BCUT2D eigenvalue weighted by Gasteiger charge is -2.60. The Morgan fingerprint density at radius 3 is 2.71 bits per heavy atom. The summed E-state index contributed by atoms with van der Waals surface area (Å²) in [6.07, 6.45) is 5.89. The van der Waals surface area contributed by atoms with Gasteiger partial charge >= 0.3 is 5.63 Å². The molecule has 2 N–H and O–H groups in total. The molecule has 0 spiro atoms. The minimum Gasteiger partial charge on any atom is -0.431 e. The first-order valence-electron chi connectivity index (χ1n) is 12.2. The van der Waals surface area contributed by atoms with E-state index in [-0.39, 0.29) is 49.1 Å². The second kappa shape index (κ2) is 7.33. The van der Waals surface area contributed by atoms with Gasteiger partial charge in [-0.15, -0.1) is 23.2 Å². The number of allylic oxidation sites excluding steroid dienone is 1. The van der Waals surface area contributed by atoms with Gasteiger partial charge in [-0.25, -0.2) is 4.79 Å². The van der Waals surface area contributed by atoms with Gasteiger partial charge < -0.3 is 24.1 Å². The molecular weight excluding hydrogens is 479 g/mol. The van der Waals surface area contributed by atoms with Gasteiger partial charge in [0.25, 0.3) is 0 Å². The van der Waals surface area contributed by atoms with E-state index in [1.165, 1.54) is 12.3 Å². The van der Waals surface area contributed by atoms with Crippen LogP contribution in [-0.2, 0) is 9.47 Å². The van der Waals surface area contributed by atoms with Crippen LogP contribution >= 0.6 is 23.2 Å². The lowest BCUT2D eigenvalue weighted by atomic mass is 9.45. The van der Waals surface area contributed by atoms with Gasteiger partial charge in [-0.2, -0.15) is 0 Å². The summed E-state index contributed by atoms with van der Waals surface area (Å²) in [4.78, 5) is 11.6.